The summed E-state index contributed by atoms with van der Waals surface area (Å²) in [6.45, 7) is 4.03. The zero-order valence-corrected chi connectivity index (χ0v) is 11.0. The lowest BCUT2D eigenvalue weighted by Crippen LogP contribution is -2.12. The van der Waals surface area contributed by atoms with Crippen molar-refractivity contribution < 1.29 is 4.79 Å². The second kappa shape index (κ2) is 5.19. The molecule has 1 aromatic heterocycles. The Kier molecular flexibility index (Phi) is 3.63. The van der Waals surface area contributed by atoms with Gasteiger partial charge in [-0.25, -0.2) is 0 Å². The molecule has 0 spiro atoms. The van der Waals surface area contributed by atoms with Crippen LogP contribution in [0.25, 0.3) is 0 Å². The molecule has 0 bridgehead atoms. The first kappa shape index (κ1) is 12.6. The molecule has 92 valence electrons. The van der Waals surface area contributed by atoms with Crippen LogP contribution in [-0.4, -0.2) is 10.9 Å². The molecule has 0 unspecified atom stereocenters. The second-order valence-electron chi connectivity index (χ2n) is 4.11. The minimum atomic E-state index is -0.231. The highest BCUT2D eigenvalue weighted by molar-refractivity contribution is 6.34. The van der Waals surface area contributed by atoms with Crippen molar-refractivity contribution in [3.8, 4) is 0 Å². The van der Waals surface area contributed by atoms with Crippen LogP contribution in [0.2, 0.25) is 5.02 Å². The van der Waals surface area contributed by atoms with Gasteiger partial charge in [-0.3, -0.25) is 9.78 Å². The summed E-state index contributed by atoms with van der Waals surface area (Å²) in [4.78, 5) is 15.9. The number of halogens is 1. The molecule has 0 saturated heterocycles. The molecule has 0 aliphatic carbocycles. The fraction of sp³-hybridized carbons (Fsp3) is 0.143. The third-order valence-electron chi connectivity index (χ3n) is 2.78. The zero-order valence-electron chi connectivity index (χ0n) is 10.2. The minimum absolute atomic E-state index is 0.231. The number of amides is 1. The summed E-state index contributed by atoms with van der Waals surface area (Å²) in [5.74, 6) is -0.231. The quantitative estimate of drug-likeness (QED) is 0.896. The van der Waals surface area contributed by atoms with Crippen LogP contribution in [-0.2, 0) is 0 Å². The fourth-order valence-electron chi connectivity index (χ4n) is 1.58. The highest BCUT2D eigenvalue weighted by atomic mass is 35.5. The monoisotopic (exact) mass is 260 g/mol. The van der Waals surface area contributed by atoms with Crippen LogP contribution in [0.15, 0.2) is 36.7 Å². The number of aromatic nitrogens is 1. The number of anilines is 1. The normalized spacial score (nSPS) is 10.2. The standard InChI is InChI=1S/C14H13ClN2O/c1-9-3-4-11(7-10(9)2)17-14(18)12-5-6-16-8-13(12)15/h3-8H,1-2H3,(H,17,18). The lowest BCUT2D eigenvalue weighted by Gasteiger charge is -2.08. The Labute approximate surface area is 111 Å². The van der Waals surface area contributed by atoms with Gasteiger partial charge >= 0.3 is 0 Å². The summed E-state index contributed by atoms with van der Waals surface area (Å²) in [5.41, 5.74) is 3.50. The van der Waals surface area contributed by atoms with E-state index in [2.05, 4.69) is 10.3 Å². The molecule has 0 atom stereocenters. The van der Waals surface area contributed by atoms with Gasteiger partial charge in [-0.05, 0) is 43.2 Å². The Hall–Kier alpha value is -1.87. The number of benzene rings is 1. The molecular weight excluding hydrogens is 248 g/mol. The lowest BCUT2D eigenvalue weighted by atomic mass is 10.1. The first-order valence-corrected chi connectivity index (χ1v) is 5.94. The first-order chi connectivity index (χ1) is 8.58. The number of rotatable bonds is 2. The number of pyridine rings is 1. The molecule has 2 aromatic rings. The van der Waals surface area contributed by atoms with Gasteiger partial charge in [0.25, 0.3) is 5.91 Å². The number of nitrogens with zero attached hydrogens (tertiary/aromatic N) is 1. The molecule has 0 saturated carbocycles. The van der Waals surface area contributed by atoms with Gasteiger partial charge < -0.3 is 5.32 Å². The smallest absolute Gasteiger partial charge is 0.257 e. The Morgan fingerprint density at radius 3 is 2.67 bits per heavy atom. The maximum Gasteiger partial charge on any atom is 0.257 e. The zero-order chi connectivity index (χ0) is 13.1. The first-order valence-electron chi connectivity index (χ1n) is 5.56. The molecule has 1 heterocycles. The van der Waals surface area contributed by atoms with E-state index < -0.39 is 0 Å². The summed E-state index contributed by atoms with van der Waals surface area (Å²) in [5, 5.41) is 3.16. The van der Waals surface area contributed by atoms with Gasteiger partial charge in [0.15, 0.2) is 0 Å². The summed E-state index contributed by atoms with van der Waals surface area (Å²) < 4.78 is 0. The van der Waals surface area contributed by atoms with E-state index in [0.29, 0.717) is 10.6 Å². The van der Waals surface area contributed by atoms with Crippen molar-refractivity contribution in [1.82, 2.24) is 4.98 Å². The van der Waals surface area contributed by atoms with Gasteiger partial charge in [0.05, 0.1) is 10.6 Å². The second-order valence-corrected chi connectivity index (χ2v) is 4.52. The average molecular weight is 261 g/mol. The summed E-state index contributed by atoms with van der Waals surface area (Å²) in [6, 6.07) is 7.37. The van der Waals surface area contributed by atoms with Crippen molar-refractivity contribution in [2.75, 3.05) is 5.32 Å². The van der Waals surface area contributed by atoms with Crippen LogP contribution in [0.3, 0.4) is 0 Å². The van der Waals surface area contributed by atoms with Crippen molar-refractivity contribution in [2.24, 2.45) is 0 Å². The van der Waals surface area contributed by atoms with Crippen LogP contribution in [0.1, 0.15) is 21.5 Å². The van der Waals surface area contributed by atoms with E-state index in [9.17, 15) is 4.79 Å². The van der Waals surface area contributed by atoms with Crippen molar-refractivity contribution in [3.05, 3.63) is 58.4 Å². The Morgan fingerprint density at radius 2 is 2.00 bits per heavy atom. The van der Waals surface area contributed by atoms with Crippen molar-refractivity contribution >= 4 is 23.2 Å². The van der Waals surface area contributed by atoms with Crippen molar-refractivity contribution in [2.45, 2.75) is 13.8 Å². The SMILES string of the molecule is Cc1ccc(NC(=O)c2ccncc2Cl)cc1C. The van der Waals surface area contributed by atoms with Crippen molar-refractivity contribution in [1.29, 1.82) is 0 Å². The average Bonchev–Trinajstić information content (AvgIpc) is 2.34. The highest BCUT2D eigenvalue weighted by Crippen LogP contribution is 2.18. The number of nitrogens with one attached hydrogen (secondary N) is 1. The van der Waals surface area contributed by atoms with E-state index in [1.807, 2.05) is 32.0 Å². The number of hydrogen-bond donors (Lipinski definition) is 1. The van der Waals surface area contributed by atoms with Crippen LogP contribution in [0.4, 0.5) is 5.69 Å². The van der Waals surface area contributed by atoms with Gasteiger partial charge in [-0.1, -0.05) is 17.7 Å². The van der Waals surface area contributed by atoms with E-state index in [1.165, 1.54) is 11.8 Å². The number of aryl methyl sites for hydroxylation is 2. The Balaban J connectivity index is 2.22. The molecule has 2 rings (SSSR count). The maximum absolute atomic E-state index is 12.0. The topological polar surface area (TPSA) is 42.0 Å². The van der Waals surface area contributed by atoms with E-state index in [-0.39, 0.29) is 5.91 Å². The van der Waals surface area contributed by atoms with E-state index in [0.717, 1.165) is 11.3 Å². The molecule has 1 amide bonds. The summed E-state index contributed by atoms with van der Waals surface area (Å²) >= 11 is 5.92. The highest BCUT2D eigenvalue weighted by Gasteiger charge is 2.10. The predicted octanol–water partition coefficient (Wildman–Crippen LogP) is 3.60. The molecule has 3 nitrogen and oxygen atoms in total. The van der Waals surface area contributed by atoms with Crippen LogP contribution < -0.4 is 5.32 Å². The van der Waals surface area contributed by atoms with Crippen molar-refractivity contribution in [3.63, 3.8) is 0 Å². The lowest BCUT2D eigenvalue weighted by molar-refractivity contribution is 0.102. The third kappa shape index (κ3) is 2.68. The van der Waals surface area contributed by atoms with Gasteiger partial charge in [0, 0.05) is 18.1 Å². The van der Waals surface area contributed by atoms with Gasteiger partial charge in [-0.15, -0.1) is 0 Å². The third-order valence-corrected chi connectivity index (χ3v) is 3.08. The number of carbonyl (C=O) groups excluding carboxylic acids is 1. The summed E-state index contributed by atoms with van der Waals surface area (Å²) in [6.07, 6.45) is 3.00. The molecule has 0 radical (unpaired) electrons. The van der Waals surface area contributed by atoms with Gasteiger partial charge in [-0.2, -0.15) is 0 Å². The molecule has 0 aliphatic rings. The minimum Gasteiger partial charge on any atom is -0.322 e. The van der Waals surface area contributed by atoms with Crippen LogP contribution in [0, 0.1) is 13.8 Å². The molecule has 18 heavy (non-hydrogen) atoms. The van der Waals surface area contributed by atoms with E-state index in [4.69, 9.17) is 11.6 Å². The molecule has 0 aliphatic heterocycles. The predicted molar refractivity (Wildman–Crippen MR) is 73.1 cm³/mol. The Bertz CT molecular complexity index is 596. The molecule has 1 aromatic carbocycles. The number of carbonyl (C=O) groups is 1. The van der Waals surface area contributed by atoms with Crippen LogP contribution in [0.5, 0.6) is 0 Å². The number of hydrogen-bond acceptors (Lipinski definition) is 2. The maximum atomic E-state index is 12.0. The largest absolute Gasteiger partial charge is 0.322 e. The molecule has 1 N–H and O–H groups in total. The molecular formula is C14H13ClN2O. The van der Waals surface area contributed by atoms with Crippen LogP contribution >= 0.6 is 11.6 Å². The Morgan fingerprint density at radius 1 is 1.22 bits per heavy atom. The molecule has 4 heteroatoms. The van der Waals surface area contributed by atoms with E-state index >= 15 is 0 Å². The fourth-order valence-corrected chi connectivity index (χ4v) is 1.78. The molecule has 0 fully saturated rings. The van der Waals surface area contributed by atoms with E-state index in [1.54, 1.807) is 12.3 Å². The van der Waals surface area contributed by atoms with Gasteiger partial charge in [0.1, 0.15) is 0 Å². The van der Waals surface area contributed by atoms with Gasteiger partial charge in [0.2, 0.25) is 0 Å². The summed E-state index contributed by atoms with van der Waals surface area (Å²) in [7, 11) is 0.